The van der Waals surface area contributed by atoms with Crippen molar-refractivity contribution in [1.82, 2.24) is 4.90 Å². The number of hydrogen-bond donors (Lipinski definition) is 0. The van der Waals surface area contributed by atoms with Gasteiger partial charge < -0.3 is 9.64 Å². The Morgan fingerprint density at radius 1 is 1.12 bits per heavy atom. The number of rotatable bonds is 6. The van der Waals surface area contributed by atoms with Gasteiger partial charge in [-0.25, -0.2) is 0 Å². The molecule has 7 heteroatoms. The van der Waals surface area contributed by atoms with Crippen molar-refractivity contribution >= 4 is 11.9 Å². The van der Waals surface area contributed by atoms with E-state index in [1.807, 2.05) is 0 Å². The van der Waals surface area contributed by atoms with Crippen LogP contribution in [0.3, 0.4) is 0 Å². The second kappa shape index (κ2) is 9.05. The number of halogens is 3. The lowest BCUT2D eigenvalue weighted by molar-refractivity contribution is -0.146. The molecule has 1 aliphatic heterocycles. The molecule has 0 radical (unpaired) electrons. The van der Waals surface area contributed by atoms with Crippen LogP contribution in [0, 0.1) is 5.92 Å². The molecule has 144 valence electrons. The normalized spacial score (nSPS) is 15.8. The van der Waals surface area contributed by atoms with Crippen molar-refractivity contribution in [3.8, 4) is 0 Å². The van der Waals surface area contributed by atoms with Gasteiger partial charge in [0, 0.05) is 19.5 Å². The molecule has 4 nitrogen and oxygen atoms in total. The highest BCUT2D eigenvalue weighted by atomic mass is 19.4. The lowest BCUT2D eigenvalue weighted by Gasteiger charge is -2.32. The number of likely N-dealkylation sites (tertiary alicyclic amines) is 1. The van der Waals surface area contributed by atoms with Crippen LogP contribution in [-0.4, -0.2) is 36.5 Å². The molecular weight excluding hydrogens is 347 g/mol. The summed E-state index contributed by atoms with van der Waals surface area (Å²) >= 11 is 0. The molecule has 1 aliphatic rings. The van der Waals surface area contributed by atoms with E-state index in [4.69, 9.17) is 4.74 Å². The van der Waals surface area contributed by atoms with E-state index in [9.17, 15) is 22.8 Å². The van der Waals surface area contributed by atoms with Gasteiger partial charge >= 0.3 is 12.1 Å². The summed E-state index contributed by atoms with van der Waals surface area (Å²) in [7, 11) is 0. The predicted molar refractivity (Wildman–Crippen MR) is 90.3 cm³/mol. The van der Waals surface area contributed by atoms with Crippen LogP contribution in [0.2, 0.25) is 0 Å². The molecule has 26 heavy (non-hydrogen) atoms. The minimum atomic E-state index is -4.31. The van der Waals surface area contributed by atoms with E-state index >= 15 is 0 Å². The van der Waals surface area contributed by atoms with Crippen molar-refractivity contribution in [3.63, 3.8) is 0 Å². The summed E-state index contributed by atoms with van der Waals surface area (Å²) in [6.07, 6.45) is -1.73. The van der Waals surface area contributed by atoms with E-state index in [1.54, 1.807) is 11.8 Å². The number of amides is 1. The minimum absolute atomic E-state index is 0.0500. The van der Waals surface area contributed by atoms with Gasteiger partial charge in [0.1, 0.15) is 0 Å². The highest BCUT2D eigenvalue weighted by molar-refractivity contribution is 5.81. The topological polar surface area (TPSA) is 46.6 Å². The van der Waals surface area contributed by atoms with Gasteiger partial charge in [-0.1, -0.05) is 12.1 Å². The highest BCUT2D eigenvalue weighted by Crippen LogP contribution is 2.30. The van der Waals surface area contributed by atoms with Crippen LogP contribution in [0.4, 0.5) is 13.2 Å². The van der Waals surface area contributed by atoms with E-state index in [0.29, 0.717) is 32.0 Å². The van der Waals surface area contributed by atoms with Gasteiger partial charge in [-0.3, -0.25) is 9.59 Å². The molecule has 0 atom stereocenters. The Labute approximate surface area is 151 Å². The van der Waals surface area contributed by atoms with Crippen LogP contribution in [-0.2, 0) is 26.9 Å². The molecule has 0 spiro atoms. The molecule has 0 unspecified atom stereocenters. The number of carbonyl (C=O) groups excluding carboxylic acids is 2. The number of alkyl halides is 3. The number of benzene rings is 1. The summed E-state index contributed by atoms with van der Waals surface area (Å²) in [6.45, 7) is 3.27. The molecule has 0 N–H and O–H groups in total. The highest BCUT2D eigenvalue weighted by Gasteiger charge is 2.30. The van der Waals surface area contributed by atoms with Gasteiger partial charge in [0.15, 0.2) is 0 Å². The first-order valence-corrected chi connectivity index (χ1v) is 8.89. The molecule has 1 fully saturated rings. The zero-order valence-corrected chi connectivity index (χ0v) is 14.8. The van der Waals surface area contributed by atoms with Crippen molar-refractivity contribution in [1.29, 1.82) is 0 Å². The lowest BCUT2D eigenvalue weighted by Crippen LogP contribution is -2.39. The SMILES string of the molecule is CCOC(=O)CCC(=O)N1CCC(Cc2ccc(C(F)(F)F)cc2)CC1. The molecule has 1 heterocycles. The quantitative estimate of drug-likeness (QED) is 0.714. The standard InChI is InChI=1S/C19H24F3NO3/c1-2-26-18(25)8-7-17(24)23-11-9-15(10-12-23)13-14-3-5-16(6-4-14)19(20,21)22/h3-6,15H,2,7-13H2,1H3. The van der Waals surface area contributed by atoms with Gasteiger partial charge in [-0.2, -0.15) is 13.2 Å². The Hall–Kier alpha value is -2.05. The number of ether oxygens (including phenoxy) is 1. The maximum absolute atomic E-state index is 12.6. The van der Waals surface area contributed by atoms with Crippen molar-refractivity contribution in [2.45, 2.75) is 45.2 Å². The summed E-state index contributed by atoms with van der Waals surface area (Å²) < 4.78 is 42.6. The molecule has 1 aromatic carbocycles. The molecule has 1 amide bonds. The first kappa shape index (κ1) is 20.3. The zero-order valence-electron chi connectivity index (χ0n) is 14.8. The third kappa shape index (κ3) is 6.04. The van der Waals surface area contributed by atoms with E-state index < -0.39 is 11.7 Å². The molecule has 1 aromatic rings. The molecule has 0 saturated carbocycles. The number of hydrogen-bond acceptors (Lipinski definition) is 3. The molecular formula is C19H24F3NO3. The summed E-state index contributed by atoms with van der Waals surface area (Å²) in [4.78, 5) is 25.2. The number of nitrogens with zero attached hydrogens (tertiary/aromatic N) is 1. The Morgan fingerprint density at radius 2 is 1.73 bits per heavy atom. The zero-order chi connectivity index (χ0) is 19.2. The predicted octanol–water partition coefficient (Wildman–Crippen LogP) is 3.83. The third-order valence-corrected chi connectivity index (χ3v) is 4.62. The number of esters is 1. The van der Waals surface area contributed by atoms with E-state index in [0.717, 1.165) is 30.5 Å². The van der Waals surface area contributed by atoms with Gasteiger partial charge in [0.2, 0.25) is 5.91 Å². The smallest absolute Gasteiger partial charge is 0.416 e. The van der Waals surface area contributed by atoms with Crippen LogP contribution < -0.4 is 0 Å². The van der Waals surface area contributed by atoms with Gasteiger partial charge in [0.05, 0.1) is 18.6 Å². The van der Waals surface area contributed by atoms with Crippen LogP contribution in [0.25, 0.3) is 0 Å². The number of piperidine rings is 1. The Kier molecular flexibility index (Phi) is 7.06. The second-order valence-corrected chi connectivity index (χ2v) is 6.53. The van der Waals surface area contributed by atoms with Crippen molar-refractivity contribution in [3.05, 3.63) is 35.4 Å². The van der Waals surface area contributed by atoms with Crippen LogP contribution in [0.15, 0.2) is 24.3 Å². The third-order valence-electron chi connectivity index (χ3n) is 4.62. The first-order valence-electron chi connectivity index (χ1n) is 8.89. The number of carbonyl (C=O) groups is 2. The largest absolute Gasteiger partial charge is 0.466 e. The Morgan fingerprint density at radius 3 is 2.27 bits per heavy atom. The van der Waals surface area contributed by atoms with Gasteiger partial charge in [-0.15, -0.1) is 0 Å². The fourth-order valence-electron chi connectivity index (χ4n) is 3.15. The minimum Gasteiger partial charge on any atom is -0.466 e. The molecule has 0 bridgehead atoms. The van der Waals surface area contributed by atoms with E-state index in [1.165, 1.54) is 12.1 Å². The maximum Gasteiger partial charge on any atom is 0.416 e. The second-order valence-electron chi connectivity index (χ2n) is 6.53. The van der Waals surface area contributed by atoms with E-state index in [-0.39, 0.29) is 24.7 Å². The van der Waals surface area contributed by atoms with Gasteiger partial charge in [0.25, 0.3) is 0 Å². The molecule has 1 saturated heterocycles. The summed E-state index contributed by atoms with van der Waals surface area (Å²) in [6, 6.07) is 5.28. The summed E-state index contributed by atoms with van der Waals surface area (Å²) in [5.74, 6) is -0.0649. The Bertz CT molecular complexity index is 605. The van der Waals surface area contributed by atoms with Crippen LogP contribution in [0.1, 0.15) is 43.7 Å². The fraction of sp³-hybridized carbons (Fsp3) is 0.579. The maximum atomic E-state index is 12.6. The summed E-state index contributed by atoms with van der Waals surface area (Å²) in [5.41, 5.74) is 0.244. The first-order chi connectivity index (χ1) is 12.3. The van der Waals surface area contributed by atoms with Gasteiger partial charge in [-0.05, 0) is 49.8 Å². The Balaban J connectivity index is 1.76. The molecule has 0 aromatic heterocycles. The average Bonchev–Trinajstić information content (AvgIpc) is 2.60. The lowest BCUT2D eigenvalue weighted by atomic mass is 9.89. The fourth-order valence-corrected chi connectivity index (χ4v) is 3.15. The monoisotopic (exact) mass is 371 g/mol. The average molecular weight is 371 g/mol. The van der Waals surface area contributed by atoms with Crippen LogP contribution >= 0.6 is 0 Å². The molecule has 2 rings (SSSR count). The van der Waals surface area contributed by atoms with Crippen molar-refractivity contribution in [2.75, 3.05) is 19.7 Å². The van der Waals surface area contributed by atoms with E-state index in [2.05, 4.69) is 0 Å². The molecule has 0 aliphatic carbocycles. The van der Waals surface area contributed by atoms with Crippen molar-refractivity contribution in [2.24, 2.45) is 5.92 Å². The summed E-state index contributed by atoms with van der Waals surface area (Å²) in [5, 5.41) is 0. The van der Waals surface area contributed by atoms with Crippen LogP contribution in [0.5, 0.6) is 0 Å². The van der Waals surface area contributed by atoms with Crippen molar-refractivity contribution < 1.29 is 27.5 Å².